The maximum atomic E-state index is 10.7. The van der Waals surface area contributed by atoms with Gasteiger partial charge in [0.2, 0.25) is 0 Å². The van der Waals surface area contributed by atoms with Crippen molar-refractivity contribution < 1.29 is 14.6 Å². The Balaban J connectivity index is 1.88. The second-order valence-corrected chi connectivity index (χ2v) is 4.95. The molecule has 4 heteroatoms. The first-order valence-electron chi connectivity index (χ1n) is 6.86. The number of hydrogen-bond acceptors (Lipinski definition) is 3. The number of ether oxygens (including phenoxy) is 1. The summed E-state index contributed by atoms with van der Waals surface area (Å²) in [6.07, 6.45) is 2.06. The van der Waals surface area contributed by atoms with E-state index in [1.807, 2.05) is 24.0 Å². The number of aliphatic carboxylic acids is 1. The molecule has 0 atom stereocenters. The minimum absolute atomic E-state index is 0.163. The zero-order valence-corrected chi connectivity index (χ0v) is 11.3. The third-order valence-electron chi connectivity index (χ3n) is 3.61. The quantitative estimate of drug-likeness (QED) is 0.886. The summed E-state index contributed by atoms with van der Waals surface area (Å²) in [7, 11) is 0. The Hall–Kier alpha value is -1.55. The van der Waals surface area contributed by atoms with Gasteiger partial charge in [0.1, 0.15) is 5.75 Å². The number of carboxylic acids is 1. The van der Waals surface area contributed by atoms with Crippen molar-refractivity contribution in [2.45, 2.75) is 25.7 Å². The molecule has 0 radical (unpaired) electrons. The van der Waals surface area contributed by atoms with E-state index in [9.17, 15) is 4.79 Å². The Morgan fingerprint density at radius 3 is 2.47 bits per heavy atom. The Kier molecular flexibility index (Phi) is 4.80. The standard InChI is InChI=1S/C15H21NO3/c1-2-19-14-5-3-12(4-6-14)13-7-9-16(10-8-13)11-15(17)18/h3-6,13H,2,7-11H2,1H3,(H,17,18). The summed E-state index contributed by atoms with van der Waals surface area (Å²) in [5, 5.41) is 8.77. The molecule has 104 valence electrons. The fraction of sp³-hybridized carbons (Fsp3) is 0.533. The molecule has 0 bridgehead atoms. The van der Waals surface area contributed by atoms with Crippen LogP contribution in [-0.2, 0) is 4.79 Å². The fourth-order valence-electron chi connectivity index (χ4n) is 2.62. The minimum atomic E-state index is -0.737. The number of piperidine rings is 1. The maximum Gasteiger partial charge on any atom is 0.317 e. The molecule has 0 saturated carbocycles. The normalized spacial score (nSPS) is 17.3. The Morgan fingerprint density at radius 2 is 1.95 bits per heavy atom. The van der Waals surface area contributed by atoms with Crippen molar-refractivity contribution in [3.63, 3.8) is 0 Å². The summed E-state index contributed by atoms with van der Waals surface area (Å²) in [6, 6.07) is 8.29. The van der Waals surface area contributed by atoms with Gasteiger partial charge in [-0.25, -0.2) is 0 Å². The Labute approximate surface area is 114 Å². The lowest BCUT2D eigenvalue weighted by molar-refractivity contribution is -0.138. The molecule has 4 nitrogen and oxygen atoms in total. The van der Waals surface area contributed by atoms with Crippen LogP contribution in [0.3, 0.4) is 0 Å². The van der Waals surface area contributed by atoms with E-state index in [0.29, 0.717) is 12.5 Å². The van der Waals surface area contributed by atoms with Crippen LogP contribution in [0.5, 0.6) is 5.75 Å². The lowest BCUT2D eigenvalue weighted by Gasteiger charge is -2.31. The van der Waals surface area contributed by atoms with Crippen LogP contribution in [0, 0.1) is 0 Å². The van der Waals surface area contributed by atoms with Gasteiger partial charge in [-0.1, -0.05) is 12.1 Å². The van der Waals surface area contributed by atoms with Crippen LogP contribution < -0.4 is 4.74 Å². The molecule has 1 aromatic carbocycles. The van der Waals surface area contributed by atoms with Gasteiger partial charge >= 0.3 is 5.97 Å². The maximum absolute atomic E-state index is 10.7. The molecule has 0 aromatic heterocycles. The first-order valence-corrected chi connectivity index (χ1v) is 6.86. The van der Waals surface area contributed by atoms with Crippen molar-refractivity contribution >= 4 is 5.97 Å². The van der Waals surface area contributed by atoms with E-state index in [1.165, 1.54) is 5.56 Å². The molecule has 1 fully saturated rings. The highest BCUT2D eigenvalue weighted by molar-refractivity contribution is 5.69. The van der Waals surface area contributed by atoms with Crippen molar-refractivity contribution in [1.29, 1.82) is 0 Å². The van der Waals surface area contributed by atoms with Crippen LogP contribution in [0.4, 0.5) is 0 Å². The first-order chi connectivity index (χ1) is 9.19. The molecule has 1 aliphatic heterocycles. The Morgan fingerprint density at radius 1 is 1.32 bits per heavy atom. The molecule has 2 rings (SSSR count). The van der Waals surface area contributed by atoms with Gasteiger partial charge in [0.25, 0.3) is 0 Å². The van der Waals surface area contributed by atoms with E-state index >= 15 is 0 Å². The van der Waals surface area contributed by atoms with Gasteiger partial charge < -0.3 is 9.84 Å². The number of rotatable bonds is 5. The van der Waals surface area contributed by atoms with Crippen molar-refractivity contribution in [1.82, 2.24) is 4.90 Å². The van der Waals surface area contributed by atoms with E-state index < -0.39 is 5.97 Å². The smallest absolute Gasteiger partial charge is 0.317 e. The average Bonchev–Trinajstić information content (AvgIpc) is 2.40. The zero-order valence-electron chi connectivity index (χ0n) is 11.3. The number of hydrogen-bond donors (Lipinski definition) is 1. The van der Waals surface area contributed by atoms with Gasteiger partial charge in [-0.05, 0) is 56.5 Å². The molecule has 1 saturated heterocycles. The highest BCUT2D eigenvalue weighted by atomic mass is 16.5. The van der Waals surface area contributed by atoms with E-state index in [-0.39, 0.29) is 6.54 Å². The second-order valence-electron chi connectivity index (χ2n) is 4.95. The van der Waals surface area contributed by atoms with E-state index in [1.54, 1.807) is 0 Å². The van der Waals surface area contributed by atoms with Crippen molar-refractivity contribution in [3.8, 4) is 5.75 Å². The fourth-order valence-corrected chi connectivity index (χ4v) is 2.62. The highest BCUT2D eigenvalue weighted by Crippen LogP contribution is 2.29. The molecule has 1 heterocycles. The molecular weight excluding hydrogens is 242 g/mol. The van der Waals surface area contributed by atoms with Crippen molar-refractivity contribution in [3.05, 3.63) is 29.8 Å². The Bertz CT molecular complexity index is 408. The summed E-state index contributed by atoms with van der Waals surface area (Å²) in [6.45, 7) is 4.56. The van der Waals surface area contributed by atoms with Gasteiger partial charge in [-0.15, -0.1) is 0 Å². The van der Waals surface area contributed by atoms with Crippen LogP contribution in [-0.4, -0.2) is 42.2 Å². The third kappa shape index (κ3) is 3.96. The van der Waals surface area contributed by atoms with E-state index in [2.05, 4.69) is 12.1 Å². The molecule has 0 amide bonds. The zero-order chi connectivity index (χ0) is 13.7. The monoisotopic (exact) mass is 263 g/mol. The number of carboxylic acid groups (broad SMARTS) is 1. The topological polar surface area (TPSA) is 49.8 Å². The molecule has 0 aliphatic carbocycles. The lowest BCUT2D eigenvalue weighted by Crippen LogP contribution is -2.36. The molecule has 0 unspecified atom stereocenters. The van der Waals surface area contributed by atoms with Gasteiger partial charge in [0.15, 0.2) is 0 Å². The predicted octanol–water partition coefficient (Wildman–Crippen LogP) is 2.35. The van der Waals surface area contributed by atoms with Crippen LogP contribution in [0.1, 0.15) is 31.2 Å². The summed E-state index contributed by atoms with van der Waals surface area (Å²) < 4.78 is 5.44. The molecule has 1 N–H and O–H groups in total. The molecule has 0 spiro atoms. The summed E-state index contributed by atoms with van der Waals surface area (Å²) >= 11 is 0. The van der Waals surface area contributed by atoms with Crippen LogP contribution in [0.25, 0.3) is 0 Å². The van der Waals surface area contributed by atoms with Crippen LogP contribution in [0.2, 0.25) is 0 Å². The molecular formula is C15H21NO3. The van der Waals surface area contributed by atoms with Crippen LogP contribution >= 0.6 is 0 Å². The van der Waals surface area contributed by atoms with Gasteiger partial charge in [0, 0.05) is 0 Å². The van der Waals surface area contributed by atoms with Crippen molar-refractivity contribution in [2.75, 3.05) is 26.2 Å². The molecule has 1 aliphatic rings. The predicted molar refractivity (Wildman–Crippen MR) is 73.7 cm³/mol. The lowest BCUT2D eigenvalue weighted by atomic mass is 9.89. The number of benzene rings is 1. The SMILES string of the molecule is CCOc1ccc(C2CCN(CC(=O)O)CC2)cc1. The van der Waals surface area contributed by atoms with Gasteiger partial charge in [0.05, 0.1) is 13.2 Å². The van der Waals surface area contributed by atoms with E-state index in [4.69, 9.17) is 9.84 Å². The summed E-state index contributed by atoms with van der Waals surface area (Å²) in [4.78, 5) is 12.7. The second kappa shape index (κ2) is 6.57. The van der Waals surface area contributed by atoms with Crippen LogP contribution in [0.15, 0.2) is 24.3 Å². The summed E-state index contributed by atoms with van der Waals surface area (Å²) in [5.41, 5.74) is 1.33. The molecule has 1 aromatic rings. The van der Waals surface area contributed by atoms with Gasteiger partial charge in [-0.2, -0.15) is 0 Å². The number of likely N-dealkylation sites (tertiary alicyclic amines) is 1. The average molecular weight is 263 g/mol. The van der Waals surface area contributed by atoms with E-state index in [0.717, 1.165) is 31.7 Å². The largest absolute Gasteiger partial charge is 0.494 e. The third-order valence-corrected chi connectivity index (χ3v) is 3.61. The number of nitrogens with zero attached hydrogens (tertiary/aromatic N) is 1. The van der Waals surface area contributed by atoms with Crippen molar-refractivity contribution in [2.24, 2.45) is 0 Å². The molecule has 19 heavy (non-hydrogen) atoms. The minimum Gasteiger partial charge on any atom is -0.494 e. The van der Waals surface area contributed by atoms with Gasteiger partial charge in [-0.3, -0.25) is 9.69 Å². The number of carbonyl (C=O) groups is 1. The highest BCUT2D eigenvalue weighted by Gasteiger charge is 2.21. The first kappa shape index (κ1) is 13.9. The summed E-state index contributed by atoms with van der Waals surface area (Å²) in [5.74, 6) is 0.717.